The van der Waals surface area contributed by atoms with E-state index in [1.807, 2.05) is 26.1 Å². The highest BCUT2D eigenvalue weighted by Crippen LogP contribution is 2.15. The van der Waals surface area contributed by atoms with Crippen LogP contribution in [0.1, 0.15) is 25.3 Å². The van der Waals surface area contributed by atoms with Gasteiger partial charge in [-0.15, -0.1) is 24.0 Å². The summed E-state index contributed by atoms with van der Waals surface area (Å²) in [6, 6.07) is 6.97. The minimum Gasteiger partial charge on any atom is -0.378 e. The number of ether oxygens (including phenoxy) is 1. The lowest BCUT2D eigenvalue weighted by atomic mass is 10.1. The number of benzene rings is 1. The number of piperidine rings is 1. The lowest BCUT2D eigenvalue weighted by molar-refractivity contribution is 0.0264. The second kappa shape index (κ2) is 12.8. The lowest BCUT2D eigenvalue weighted by Gasteiger charge is -2.34. The van der Waals surface area contributed by atoms with Crippen LogP contribution in [-0.4, -0.2) is 56.0 Å². The molecule has 0 saturated carbocycles. The molecule has 0 spiro atoms. The topological polar surface area (TPSA) is 36.9 Å². The summed E-state index contributed by atoms with van der Waals surface area (Å²) in [5, 5.41) is 3.41. The van der Waals surface area contributed by atoms with Crippen LogP contribution < -0.4 is 5.32 Å². The van der Waals surface area contributed by atoms with Crippen molar-refractivity contribution in [1.82, 2.24) is 10.2 Å². The van der Waals surface area contributed by atoms with Gasteiger partial charge in [0.2, 0.25) is 0 Å². The minimum atomic E-state index is -0.120. The molecule has 0 aliphatic carbocycles. The van der Waals surface area contributed by atoms with E-state index in [4.69, 9.17) is 4.74 Å². The largest absolute Gasteiger partial charge is 0.378 e. The maximum Gasteiger partial charge on any atom is 0.193 e. The zero-order valence-electron chi connectivity index (χ0n) is 15.0. The van der Waals surface area contributed by atoms with Gasteiger partial charge in [-0.05, 0) is 31.4 Å². The normalized spacial score (nSPS) is 15.8. The van der Waals surface area contributed by atoms with E-state index in [1.165, 1.54) is 6.07 Å². The van der Waals surface area contributed by atoms with Gasteiger partial charge in [-0.1, -0.05) is 18.2 Å². The Kier molecular flexibility index (Phi) is 11.5. The van der Waals surface area contributed by atoms with Crippen molar-refractivity contribution in [2.45, 2.75) is 31.6 Å². The van der Waals surface area contributed by atoms with Gasteiger partial charge in [0.25, 0.3) is 0 Å². The number of aliphatic imine (C=N–C) groups is 1. The molecule has 25 heavy (non-hydrogen) atoms. The van der Waals surface area contributed by atoms with Crippen molar-refractivity contribution in [2.24, 2.45) is 4.99 Å². The fourth-order valence-electron chi connectivity index (χ4n) is 2.83. The number of nitrogens with one attached hydrogen (secondary N) is 1. The van der Waals surface area contributed by atoms with Crippen LogP contribution in [0, 0.1) is 5.82 Å². The molecule has 1 fully saturated rings. The maximum atomic E-state index is 13.5. The number of nitrogens with zero attached hydrogens (tertiary/aromatic N) is 2. The molecule has 7 heteroatoms. The highest BCUT2D eigenvalue weighted by molar-refractivity contribution is 14.0. The van der Waals surface area contributed by atoms with Crippen LogP contribution in [0.4, 0.5) is 4.39 Å². The molecule has 1 aliphatic heterocycles. The van der Waals surface area contributed by atoms with Gasteiger partial charge >= 0.3 is 0 Å². The molecule has 0 atom stereocenters. The number of rotatable bonds is 7. The Morgan fingerprint density at radius 1 is 1.36 bits per heavy atom. The fraction of sp³-hybridized carbons (Fsp3) is 0.611. The van der Waals surface area contributed by atoms with E-state index < -0.39 is 0 Å². The summed E-state index contributed by atoms with van der Waals surface area (Å²) in [5.41, 5.74) is 0.768. The Labute approximate surface area is 172 Å². The number of guanidine groups is 1. The first kappa shape index (κ1) is 22.5. The van der Waals surface area contributed by atoms with Gasteiger partial charge in [-0.3, -0.25) is 4.99 Å². The van der Waals surface area contributed by atoms with Crippen molar-refractivity contribution in [3.05, 3.63) is 35.6 Å². The number of hydrogen-bond acceptors (Lipinski definition) is 3. The summed E-state index contributed by atoms with van der Waals surface area (Å²) < 4.78 is 19.2. The molecule has 4 nitrogen and oxygen atoms in total. The summed E-state index contributed by atoms with van der Waals surface area (Å²) in [7, 11) is 1.82. The molecule has 0 bridgehead atoms. The smallest absolute Gasteiger partial charge is 0.193 e. The van der Waals surface area contributed by atoms with E-state index in [0.717, 1.165) is 56.4 Å². The summed E-state index contributed by atoms with van der Waals surface area (Å²) >= 11 is 1.73. The number of likely N-dealkylation sites (tertiary alicyclic amines) is 1. The van der Waals surface area contributed by atoms with Crippen molar-refractivity contribution in [3.8, 4) is 0 Å². The predicted octanol–water partition coefficient (Wildman–Crippen LogP) is 3.75. The van der Waals surface area contributed by atoms with Crippen LogP contribution in [0.5, 0.6) is 0 Å². The highest BCUT2D eigenvalue weighted by atomic mass is 127. The Bertz CT molecular complexity index is 525. The van der Waals surface area contributed by atoms with Crippen LogP contribution >= 0.6 is 35.7 Å². The fourth-order valence-corrected chi connectivity index (χ4v) is 3.68. The first-order valence-electron chi connectivity index (χ1n) is 8.63. The summed E-state index contributed by atoms with van der Waals surface area (Å²) in [4.78, 5) is 6.66. The van der Waals surface area contributed by atoms with Crippen molar-refractivity contribution in [2.75, 3.05) is 39.0 Å². The van der Waals surface area contributed by atoms with E-state index in [9.17, 15) is 4.39 Å². The summed E-state index contributed by atoms with van der Waals surface area (Å²) in [6.45, 7) is 5.62. The second-order valence-electron chi connectivity index (χ2n) is 5.76. The second-order valence-corrected chi connectivity index (χ2v) is 6.86. The minimum absolute atomic E-state index is 0. The van der Waals surface area contributed by atoms with Gasteiger partial charge in [0.1, 0.15) is 5.82 Å². The van der Waals surface area contributed by atoms with E-state index in [-0.39, 0.29) is 29.8 Å². The Hall–Kier alpha value is -0.540. The Balaban J connectivity index is 0.00000312. The molecular formula is C18H29FIN3OS. The van der Waals surface area contributed by atoms with Crippen LogP contribution in [0.3, 0.4) is 0 Å². The van der Waals surface area contributed by atoms with Gasteiger partial charge in [-0.2, -0.15) is 11.8 Å². The molecule has 1 saturated heterocycles. The van der Waals surface area contributed by atoms with Gasteiger partial charge in [0, 0.05) is 44.8 Å². The van der Waals surface area contributed by atoms with Crippen LogP contribution in [0.2, 0.25) is 0 Å². The third-order valence-electron chi connectivity index (χ3n) is 4.10. The molecule has 0 aromatic heterocycles. The molecule has 1 N–H and O–H groups in total. The summed E-state index contributed by atoms with van der Waals surface area (Å²) in [5.74, 6) is 2.46. The third kappa shape index (κ3) is 7.70. The number of thioether (sulfide) groups is 1. The third-order valence-corrected chi connectivity index (χ3v) is 5.11. The van der Waals surface area contributed by atoms with Gasteiger partial charge in [-0.25, -0.2) is 4.39 Å². The van der Waals surface area contributed by atoms with E-state index >= 15 is 0 Å². The standard InChI is InChI=1S/C18H28FN3OS.HI/c1-3-23-16-8-11-22(12-9-16)18(20-2)21-10-13-24-14-15-6-4-5-7-17(15)19;/h4-7,16H,3,8-14H2,1-2H3,(H,20,21);1H. The molecule has 142 valence electrons. The van der Waals surface area contributed by atoms with E-state index in [1.54, 1.807) is 17.8 Å². The van der Waals surface area contributed by atoms with Gasteiger partial charge in [0.15, 0.2) is 5.96 Å². The molecule has 1 aromatic carbocycles. The van der Waals surface area contributed by atoms with Crippen LogP contribution in [0.15, 0.2) is 29.3 Å². The monoisotopic (exact) mass is 481 g/mol. The quantitative estimate of drug-likeness (QED) is 0.279. The van der Waals surface area contributed by atoms with Crippen molar-refractivity contribution < 1.29 is 9.13 Å². The molecular weight excluding hydrogens is 452 g/mol. The molecule has 1 heterocycles. The lowest BCUT2D eigenvalue weighted by Crippen LogP contribution is -2.47. The zero-order valence-corrected chi connectivity index (χ0v) is 18.2. The number of halogens is 2. The molecule has 2 rings (SSSR count). The molecule has 0 radical (unpaired) electrons. The summed E-state index contributed by atoms with van der Waals surface area (Å²) in [6.07, 6.45) is 2.49. The van der Waals surface area contributed by atoms with Crippen molar-refractivity contribution in [3.63, 3.8) is 0 Å². The number of hydrogen-bond donors (Lipinski definition) is 1. The average molecular weight is 481 g/mol. The Morgan fingerprint density at radius 2 is 2.08 bits per heavy atom. The molecule has 0 unspecified atom stereocenters. The Morgan fingerprint density at radius 3 is 2.72 bits per heavy atom. The predicted molar refractivity (Wildman–Crippen MR) is 116 cm³/mol. The maximum absolute atomic E-state index is 13.5. The first-order chi connectivity index (χ1) is 11.7. The average Bonchev–Trinajstić information content (AvgIpc) is 2.61. The molecule has 1 aromatic rings. The first-order valence-corrected chi connectivity index (χ1v) is 9.78. The van der Waals surface area contributed by atoms with E-state index in [0.29, 0.717) is 11.9 Å². The van der Waals surface area contributed by atoms with Crippen LogP contribution in [0.25, 0.3) is 0 Å². The van der Waals surface area contributed by atoms with Gasteiger partial charge in [0.05, 0.1) is 6.10 Å². The highest BCUT2D eigenvalue weighted by Gasteiger charge is 2.21. The van der Waals surface area contributed by atoms with Crippen molar-refractivity contribution >= 4 is 41.7 Å². The molecule has 1 aliphatic rings. The SMILES string of the molecule is CCOC1CCN(C(=NC)NCCSCc2ccccc2F)CC1.I. The van der Waals surface area contributed by atoms with Crippen molar-refractivity contribution in [1.29, 1.82) is 0 Å². The van der Waals surface area contributed by atoms with Gasteiger partial charge < -0.3 is 15.0 Å². The zero-order chi connectivity index (χ0) is 17.2. The van der Waals surface area contributed by atoms with E-state index in [2.05, 4.69) is 15.2 Å². The molecule has 0 amide bonds. The van der Waals surface area contributed by atoms with Crippen LogP contribution in [-0.2, 0) is 10.5 Å².